The van der Waals surface area contributed by atoms with Crippen LogP contribution in [0.3, 0.4) is 0 Å². The summed E-state index contributed by atoms with van der Waals surface area (Å²) in [7, 11) is 1.93. The Morgan fingerprint density at radius 2 is 2.26 bits per heavy atom. The number of nitrogens with one attached hydrogen (secondary N) is 1. The highest BCUT2D eigenvalue weighted by Gasteiger charge is 2.25. The second-order valence-corrected chi connectivity index (χ2v) is 4.65. The minimum absolute atomic E-state index is 0.0196. The average Bonchev–Trinajstić information content (AvgIpc) is 2.44. The van der Waals surface area contributed by atoms with Crippen LogP contribution >= 0.6 is 0 Å². The first kappa shape index (κ1) is 13.8. The molecule has 0 fully saturated rings. The van der Waals surface area contributed by atoms with Gasteiger partial charge < -0.3 is 20.7 Å². The van der Waals surface area contributed by atoms with Crippen LogP contribution in [-0.2, 0) is 11.3 Å². The molecule has 1 aliphatic heterocycles. The standard InChI is InChI=1S/C14H21N3O2/c1-16-6-2-3-7-17-12-8-11(9-15)4-5-13(12)19-10-14(17)18/h4-5,8,16H,2-3,6-7,9-10,15H2,1H3. The largest absolute Gasteiger partial charge is 0.482 e. The van der Waals surface area contributed by atoms with Crippen LogP contribution < -0.4 is 20.7 Å². The van der Waals surface area contributed by atoms with Crippen LogP contribution in [0.4, 0.5) is 5.69 Å². The van der Waals surface area contributed by atoms with E-state index < -0.39 is 0 Å². The minimum atomic E-state index is 0.0196. The number of hydrogen-bond donors (Lipinski definition) is 2. The Morgan fingerprint density at radius 3 is 3.00 bits per heavy atom. The van der Waals surface area contributed by atoms with Crippen molar-refractivity contribution in [2.45, 2.75) is 19.4 Å². The fraction of sp³-hybridized carbons (Fsp3) is 0.500. The molecule has 1 heterocycles. The SMILES string of the molecule is CNCCCCN1C(=O)COc2ccc(CN)cc21. The number of benzene rings is 1. The van der Waals surface area contributed by atoms with E-state index in [2.05, 4.69) is 5.32 Å². The summed E-state index contributed by atoms with van der Waals surface area (Å²) in [5.74, 6) is 0.788. The van der Waals surface area contributed by atoms with Crippen molar-refractivity contribution in [3.05, 3.63) is 23.8 Å². The van der Waals surface area contributed by atoms with E-state index in [0.29, 0.717) is 6.54 Å². The number of nitrogens with zero attached hydrogens (tertiary/aromatic N) is 1. The van der Waals surface area contributed by atoms with Gasteiger partial charge in [-0.2, -0.15) is 0 Å². The predicted octanol–water partition coefficient (Wildman–Crippen LogP) is 0.870. The minimum Gasteiger partial charge on any atom is -0.482 e. The Hall–Kier alpha value is -1.59. The van der Waals surface area contributed by atoms with Crippen molar-refractivity contribution in [2.24, 2.45) is 5.73 Å². The summed E-state index contributed by atoms with van der Waals surface area (Å²) in [6.07, 6.45) is 2.02. The van der Waals surface area contributed by atoms with Crippen LogP contribution in [0.15, 0.2) is 18.2 Å². The van der Waals surface area contributed by atoms with Gasteiger partial charge in [-0.05, 0) is 44.1 Å². The van der Waals surface area contributed by atoms with E-state index in [0.717, 1.165) is 42.9 Å². The molecule has 5 nitrogen and oxygen atoms in total. The lowest BCUT2D eigenvalue weighted by Gasteiger charge is -2.29. The molecular formula is C14H21N3O2. The molecule has 2 rings (SSSR count). The topological polar surface area (TPSA) is 67.6 Å². The van der Waals surface area contributed by atoms with Gasteiger partial charge >= 0.3 is 0 Å². The van der Waals surface area contributed by atoms with Crippen LogP contribution in [0.25, 0.3) is 0 Å². The smallest absolute Gasteiger partial charge is 0.265 e. The molecule has 104 valence electrons. The maximum Gasteiger partial charge on any atom is 0.265 e. The average molecular weight is 263 g/mol. The molecule has 1 aliphatic rings. The van der Waals surface area contributed by atoms with Gasteiger partial charge in [-0.3, -0.25) is 4.79 Å². The van der Waals surface area contributed by atoms with Gasteiger partial charge in [0.05, 0.1) is 5.69 Å². The molecule has 1 amide bonds. The molecule has 0 saturated carbocycles. The summed E-state index contributed by atoms with van der Waals surface area (Å²) in [4.78, 5) is 13.8. The highest BCUT2D eigenvalue weighted by molar-refractivity contribution is 5.97. The third kappa shape index (κ3) is 3.24. The normalized spacial score (nSPS) is 14.2. The number of unbranched alkanes of at least 4 members (excludes halogenated alkanes) is 1. The molecule has 0 aliphatic carbocycles. The van der Waals surface area contributed by atoms with Crippen LogP contribution in [-0.4, -0.2) is 32.7 Å². The first-order valence-corrected chi connectivity index (χ1v) is 6.67. The number of carbonyl (C=O) groups is 1. The second kappa shape index (κ2) is 6.54. The Labute approximate surface area is 113 Å². The van der Waals surface area contributed by atoms with Crippen molar-refractivity contribution in [3.63, 3.8) is 0 Å². The van der Waals surface area contributed by atoms with Gasteiger partial charge in [0.1, 0.15) is 5.75 Å². The zero-order chi connectivity index (χ0) is 13.7. The van der Waals surface area contributed by atoms with Crippen molar-refractivity contribution in [3.8, 4) is 5.75 Å². The Bertz CT molecular complexity index is 448. The van der Waals surface area contributed by atoms with Gasteiger partial charge in [-0.25, -0.2) is 0 Å². The van der Waals surface area contributed by atoms with E-state index in [1.165, 1.54) is 0 Å². The van der Waals surface area contributed by atoms with Crippen LogP contribution in [0.1, 0.15) is 18.4 Å². The number of anilines is 1. The molecule has 19 heavy (non-hydrogen) atoms. The van der Waals surface area contributed by atoms with E-state index in [-0.39, 0.29) is 12.5 Å². The first-order valence-electron chi connectivity index (χ1n) is 6.67. The summed E-state index contributed by atoms with van der Waals surface area (Å²) in [6, 6.07) is 5.78. The number of hydrogen-bond acceptors (Lipinski definition) is 4. The van der Waals surface area contributed by atoms with E-state index >= 15 is 0 Å². The molecule has 1 aromatic rings. The van der Waals surface area contributed by atoms with Gasteiger partial charge in [0.15, 0.2) is 6.61 Å². The molecule has 0 saturated heterocycles. The van der Waals surface area contributed by atoms with Crippen LogP contribution in [0.2, 0.25) is 0 Å². The van der Waals surface area contributed by atoms with Crippen molar-refractivity contribution < 1.29 is 9.53 Å². The zero-order valence-corrected chi connectivity index (χ0v) is 11.3. The number of fused-ring (bicyclic) bond motifs is 1. The maximum absolute atomic E-state index is 12.0. The number of nitrogens with two attached hydrogens (primary N) is 1. The van der Waals surface area contributed by atoms with Crippen molar-refractivity contribution in [2.75, 3.05) is 31.6 Å². The van der Waals surface area contributed by atoms with Crippen LogP contribution in [0.5, 0.6) is 5.75 Å². The van der Waals surface area contributed by atoms with Crippen molar-refractivity contribution in [1.29, 1.82) is 0 Å². The lowest BCUT2D eigenvalue weighted by Crippen LogP contribution is -2.39. The third-order valence-corrected chi connectivity index (χ3v) is 3.26. The van der Waals surface area contributed by atoms with Gasteiger partial charge in [0.25, 0.3) is 5.91 Å². The summed E-state index contributed by atoms with van der Waals surface area (Å²) in [6.45, 7) is 2.29. The Morgan fingerprint density at radius 1 is 1.42 bits per heavy atom. The van der Waals surface area contributed by atoms with E-state index in [1.807, 2.05) is 30.1 Å². The highest BCUT2D eigenvalue weighted by atomic mass is 16.5. The summed E-state index contributed by atoms with van der Waals surface area (Å²) in [5, 5.41) is 3.11. The third-order valence-electron chi connectivity index (χ3n) is 3.26. The summed E-state index contributed by atoms with van der Waals surface area (Å²) < 4.78 is 5.45. The molecule has 5 heteroatoms. The van der Waals surface area contributed by atoms with E-state index in [9.17, 15) is 4.79 Å². The number of amides is 1. The lowest BCUT2D eigenvalue weighted by atomic mass is 10.1. The lowest BCUT2D eigenvalue weighted by molar-refractivity contribution is -0.121. The fourth-order valence-electron chi connectivity index (χ4n) is 2.19. The molecule has 0 bridgehead atoms. The maximum atomic E-state index is 12.0. The quantitative estimate of drug-likeness (QED) is 0.747. The molecule has 0 atom stereocenters. The molecule has 3 N–H and O–H groups in total. The molecule has 1 aromatic carbocycles. The molecule has 0 radical (unpaired) electrons. The number of ether oxygens (including phenoxy) is 1. The highest BCUT2D eigenvalue weighted by Crippen LogP contribution is 2.33. The van der Waals surface area contributed by atoms with Gasteiger partial charge in [-0.1, -0.05) is 6.07 Å². The number of carbonyl (C=O) groups excluding carboxylic acids is 1. The van der Waals surface area contributed by atoms with Crippen molar-refractivity contribution >= 4 is 11.6 Å². The van der Waals surface area contributed by atoms with Gasteiger partial charge in [-0.15, -0.1) is 0 Å². The van der Waals surface area contributed by atoms with Gasteiger partial charge in [0, 0.05) is 13.1 Å². The molecule has 0 aromatic heterocycles. The fourth-order valence-corrected chi connectivity index (χ4v) is 2.19. The van der Waals surface area contributed by atoms with E-state index in [4.69, 9.17) is 10.5 Å². The number of rotatable bonds is 6. The Balaban J connectivity index is 2.12. The zero-order valence-electron chi connectivity index (χ0n) is 11.3. The predicted molar refractivity (Wildman–Crippen MR) is 75.3 cm³/mol. The summed E-state index contributed by atoms with van der Waals surface area (Å²) >= 11 is 0. The summed E-state index contributed by atoms with van der Waals surface area (Å²) in [5.41, 5.74) is 7.51. The molecular weight excluding hydrogens is 242 g/mol. The van der Waals surface area contributed by atoms with Crippen molar-refractivity contribution in [1.82, 2.24) is 5.32 Å². The monoisotopic (exact) mass is 263 g/mol. The van der Waals surface area contributed by atoms with E-state index in [1.54, 1.807) is 0 Å². The molecule has 0 unspecified atom stereocenters. The Kier molecular flexibility index (Phi) is 4.76. The van der Waals surface area contributed by atoms with Crippen LogP contribution in [0, 0.1) is 0 Å². The second-order valence-electron chi connectivity index (χ2n) is 4.65. The van der Waals surface area contributed by atoms with Gasteiger partial charge in [0.2, 0.25) is 0 Å². The molecule has 0 spiro atoms. The first-order chi connectivity index (χ1) is 9.26.